The van der Waals surface area contributed by atoms with Crippen LogP contribution in [0.5, 0.6) is 0 Å². The first-order chi connectivity index (χ1) is 13.1. The Hall–Kier alpha value is -1.32. The predicted molar refractivity (Wildman–Crippen MR) is 116 cm³/mol. The van der Waals surface area contributed by atoms with Crippen molar-refractivity contribution in [3.8, 4) is 0 Å². The Kier molecular flexibility index (Phi) is 14.9. The van der Waals surface area contributed by atoms with E-state index in [1.165, 1.54) is 52.4 Å². The second-order valence-corrected chi connectivity index (χ2v) is 8.92. The summed E-state index contributed by atoms with van der Waals surface area (Å²) in [5, 5.41) is 0. The summed E-state index contributed by atoms with van der Waals surface area (Å²) >= 11 is 0. The van der Waals surface area contributed by atoms with Gasteiger partial charge in [0.15, 0.2) is 6.10 Å². The van der Waals surface area contributed by atoms with E-state index in [-0.39, 0.29) is 18.5 Å². The SMILES string of the molecule is C=C(CCC[C@H](C)CCC[C@H](C)CCCC(C)C)[C@@H](COC(C)=O)OC(C)=O. The average Bonchev–Trinajstić information content (AvgIpc) is 2.57. The molecule has 0 heterocycles. The zero-order chi connectivity index (χ0) is 21.5. The first-order valence-corrected chi connectivity index (χ1v) is 11.1. The molecule has 3 atom stereocenters. The third-order valence-electron chi connectivity index (χ3n) is 5.27. The Bertz CT molecular complexity index is 456. The lowest BCUT2D eigenvalue weighted by atomic mass is 9.91. The minimum atomic E-state index is -0.539. The maximum Gasteiger partial charge on any atom is 0.303 e. The minimum absolute atomic E-state index is 0.0536. The molecule has 0 amide bonds. The highest BCUT2D eigenvalue weighted by Crippen LogP contribution is 2.22. The van der Waals surface area contributed by atoms with E-state index in [4.69, 9.17) is 9.47 Å². The van der Waals surface area contributed by atoms with Crippen LogP contribution >= 0.6 is 0 Å². The van der Waals surface area contributed by atoms with Gasteiger partial charge in [0, 0.05) is 13.8 Å². The fourth-order valence-corrected chi connectivity index (χ4v) is 3.45. The number of hydrogen-bond donors (Lipinski definition) is 0. The molecule has 4 nitrogen and oxygen atoms in total. The number of ether oxygens (including phenoxy) is 2. The lowest BCUT2D eigenvalue weighted by molar-refractivity contribution is -0.154. The van der Waals surface area contributed by atoms with Crippen molar-refractivity contribution in [2.75, 3.05) is 6.61 Å². The molecule has 0 aliphatic heterocycles. The largest absolute Gasteiger partial charge is 0.462 e. The van der Waals surface area contributed by atoms with Crippen LogP contribution in [0.2, 0.25) is 0 Å². The predicted octanol–water partition coefficient (Wildman–Crippen LogP) is 6.48. The molecule has 0 radical (unpaired) electrons. The molecule has 0 aliphatic rings. The lowest BCUT2D eigenvalue weighted by Gasteiger charge is -2.20. The van der Waals surface area contributed by atoms with Gasteiger partial charge in [0.05, 0.1) is 0 Å². The molecular weight excluding hydrogens is 352 g/mol. The number of esters is 2. The molecule has 0 saturated carbocycles. The molecule has 0 aliphatic carbocycles. The van der Waals surface area contributed by atoms with Gasteiger partial charge in [-0.25, -0.2) is 0 Å². The van der Waals surface area contributed by atoms with Gasteiger partial charge in [0.2, 0.25) is 0 Å². The Morgan fingerprint density at radius 2 is 1.29 bits per heavy atom. The summed E-state index contributed by atoms with van der Waals surface area (Å²) in [7, 11) is 0. The van der Waals surface area contributed by atoms with Crippen LogP contribution < -0.4 is 0 Å². The van der Waals surface area contributed by atoms with Gasteiger partial charge in [-0.3, -0.25) is 9.59 Å². The van der Waals surface area contributed by atoms with Gasteiger partial charge in [-0.05, 0) is 36.2 Å². The quantitative estimate of drug-likeness (QED) is 0.221. The van der Waals surface area contributed by atoms with Gasteiger partial charge in [-0.2, -0.15) is 0 Å². The first-order valence-electron chi connectivity index (χ1n) is 11.1. The van der Waals surface area contributed by atoms with Gasteiger partial charge >= 0.3 is 11.9 Å². The molecule has 0 fully saturated rings. The van der Waals surface area contributed by atoms with Gasteiger partial charge in [-0.15, -0.1) is 0 Å². The molecule has 0 spiro atoms. The molecule has 0 rings (SSSR count). The third-order valence-corrected chi connectivity index (χ3v) is 5.27. The Labute approximate surface area is 173 Å². The van der Waals surface area contributed by atoms with Crippen LogP contribution in [0.15, 0.2) is 12.2 Å². The summed E-state index contributed by atoms with van der Waals surface area (Å²) in [6.45, 7) is 16.1. The highest BCUT2D eigenvalue weighted by atomic mass is 16.6. The highest BCUT2D eigenvalue weighted by Gasteiger charge is 2.18. The van der Waals surface area contributed by atoms with E-state index >= 15 is 0 Å². The average molecular weight is 397 g/mol. The van der Waals surface area contributed by atoms with E-state index < -0.39 is 6.10 Å². The van der Waals surface area contributed by atoms with Crippen LogP contribution in [-0.4, -0.2) is 24.6 Å². The van der Waals surface area contributed by atoms with Crippen molar-refractivity contribution in [1.29, 1.82) is 0 Å². The summed E-state index contributed by atoms with van der Waals surface area (Å²) in [5.74, 6) is 1.58. The van der Waals surface area contributed by atoms with E-state index in [0.717, 1.165) is 36.7 Å². The summed E-state index contributed by atoms with van der Waals surface area (Å²) in [6, 6.07) is 0. The van der Waals surface area contributed by atoms with Gasteiger partial charge in [0.25, 0.3) is 0 Å². The van der Waals surface area contributed by atoms with E-state index in [2.05, 4.69) is 34.3 Å². The fourth-order valence-electron chi connectivity index (χ4n) is 3.45. The van der Waals surface area contributed by atoms with Crippen molar-refractivity contribution in [3.63, 3.8) is 0 Å². The van der Waals surface area contributed by atoms with Crippen molar-refractivity contribution >= 4 is 11.9 Å². The summed E-state index contributed by atoms with van der Waals surface area (Å²) in [4.78, 5) is 22.3. The van der Waals surface area contributed by atoms with Crippen LogP contribution in [0.25, 0.3) is 0 Å². The standard InChI is InChI=1S/C24H44O4/c1-18(2)11-8-12-19(3)13-9-14-20(4)15-10-16-21(5)24(28-23(7)26)17-27-22(6)25/h18-20,24H,5,8-17H2,1-4,6-7H3/t19-,20-,24-/m1/s1. The first kappa shape index (κ1) is 26.7. The maximum absolute atomic E-state index is 11.3. The van der Waals surface area contributed by atoms with Gasteiger partial charge < -0.3 is 9.47 Å². The second kappa shape index (κ2) is 15.6. The van der Waals surface area contributed by atoms with E-state index in [1.54, 1.807) is 0 Å². The second-order valence-electron chi connectivity index (χ2n) is 8.92. The van der Waals surface area contributed by atoms with Gasteiger partial charge in [0.1, 0.15) is 6.61 Å². The lowest BCUT2D eigenvalue weighted by Crippen LogP contribution is -2.25. The van der Waals surface area contributed by atoms with E-state index in [1.807, 2.05) is 0 Å². The van der Waals surface area contributed by atoms with Gasteiger partial charge in [-0.1, -0.05) is 79.2 Å². The number of carbonyl (C=O) groups excluding carboxylic acids is 2. The van der Waals surface area contributed by atoms with E-state index in [0.29, 0.717) is 5.92 Å². The molecule has 164 valence electrons. The molecule has 0 aromatic carbocycles. The summed E-state index contributed by atoms with van der Waals surface area (Å²) in [5.41, 5.74) is 0.822. The Morgan fingerprint density at radius 3 is 1.75 bits per heavy atom. The number of hydrogen-bond acceptors (Lipinski definition) is 4. The van der Waals surface area contributed by atoms with E-state index in [9.17, 15) is 9.59 Å². The zero-order valence-corrected chi connectivity index (χ0v) is 19.2. The number of rotatable bonds is 16. The molecule has 0 N–H and O–H groups in total. The van der Waals surface area contributed by atoms with Crippen molar-refractivity contribution < 1.29 is 19.1 Å². The molecule has 28 heavy (non-hydrogen) atoms. The topological polar surface area (TPSA) is 52.6 Å². The molecular formula is C24H44O4. The molecule has 0 aromatic heterocycles. The number of carbonyl (C=O) groups is 2. The van der Waals surface area contributed by atoms with Crippen molar-refractivity contribution in [3.05, 3.63) is 12.2 Å². The van der Waals surface area contributed by atoms with Crippen LogP contribution in [-0.2, 0) is 19.1 Å². The van der Waals surface area contributed by atoms with Crippen LogP contribution in [0, 0.1) is 17.8 Å². The maximum atomic E-state index is 11.3. The Morgan fingerprint density at radius 1 is 0.786 bits per heavy atom. The fraction of sp³-hybridized carbons (Fsp3) is 0.833. The monoisotopic (exact) mass is 396 g/mol. The molecule has 4 heteroatoms. The van der Waals surface area contributed by atoms with Crippen LogP contribution in [0.1, 0.15) is 99.3 Å². The van der Waals surface area contributed by atoms with Crippen LogP contribution in [0.4, 0.5) is 0 Å². The van der Waals surface area contributed by atoms with Crippen molar-refractivity contribution in [2.45, 2.75) is 105 Å². The molecule has 0 unspecified atom stereocenters. The van der Waals surface area contributed by atoms with Crippen LogP contribution in [0.3, 0.4) is 0 Å². The van der Waals surface area contributed by atoms with Crippen molar-refractivity contribution in [2.24, 2.45) is 17.8 Å². The zero-order valence-electron chi connectivity index (χ0n) is 19.2. The molecule has 0 saturated heterocycles. The smallest absolute Gasteiger partial charge is 0.303 e. The summed E-state index contributed by atoms with van der Waals surface area (Å²) in [6.07, 6.45) is 10.3. The summed E-state index contributed by atoms with van der Waals surface area (Å²) < 4.78 is 10.2. The molecule has 0 bridgehead atoms. The third kappa shape index (κ3) is 15.7. The van der Waals surface area contributed by atoms with Crippen molar-refractivity contribution in [1.82, 2.24) is 0 Å². The molecule has 0 aromatic rings. The Balaban J connectivity index is 4.00. The highest BCUT2D eigenvalue weighted by molar-refractivity contribution is 5.67. The minimum Gasteiger partial charge on any atom is -0.462 e. The normalized spacial score (nSPS) is 14.4.